The number of unbranched alkanes of at least 4 members (excludes halogenated alkanes) is 1. The Kier molecular flexibility index (Phi) is 46.4. The van der Waals surface area contributed by atoms with Gasteiger partial charge in [-0.2, -0.15) is 5.21 Å². The number of alkyl carbamates (subject to hydrolysis) is 1. The van der Waals surface area contributed by atoms with Crippen LogP contribution in [0.15, 0.2) is 97.5 Å². The van der Waals surface area contributed by atoms with Gasteiger partial charge in [-0.15, -0.1) is 22.0 Å². The number of nitrogens with zero attached hydrogens (tertiary/aromatic N) is 4. The number of amides is 13. The first kappa shape index (κ1) is 113. The second-order valence-corrected chi connectivity index (χ2v) is 35.5. The van der Waals surface area contributed by atoms with Crippen LogP contribution in [0, 0.1) is 54.7 Å². The number of fused-ring (bicyclic) bond motifs is 1. The van der Waals surface area contributed by atoms with Crippen LogP contribution < -0.4 is 74.3 Å². The van der Waals surface area contributed by atoms with E-state index in [2.05, 4.69) is 106 Å². The molecule has 0 radical (unpaired) electrons. The number of benzene rings is 4. The van der Waals surface area contributed by atoms with E-state index in [-0.39, 0.29) is 49.7 Å². The van der Waals surface area contributed by atoms with Crippen LogP contribution in [0.4, 0.5) is 9.18 Å². The summed E-state index contributed by atoms with van der Waals surface area (Å²) in [6, 6.07) is 10.7. The number of hydrogen-bond acceptors (Lipinski definition) is 27. The van der Waals surface area contributed by atoms with Crippen molar-refractivity contribution in [2.24, 2.45) is 28.9 Å². The smallest absolute Gasteiger partial charge is 0.407 e. The molecule has 1 unspecified atom stereocenters. The lowest BCUT2D eigenvalue weighted by molar-refractivity contribution is -0.143. The fourth-order valence-corrected chi connectivity index (χ4v) is 15.8. The minimum absolute atomic E-state index is 0.0519. The van der Waals surface area contributed by atoms with E-state index in [0.29, 0.717) is 146 Å². The third-order valence-corrected chi connectivity index (χ3v) is 23.8. The number of aliphatic hydroxyl groups is 3. The summed E-state index contributed by atoms with van der Waals surface area (Å²) in [6.45, 7) is 13.7. The van der Waals surface area contributed by atoms with Crippen molar-refractivity contribution in [1.29, 1.82) is 0 Å². The number of carboxylic acids is 1. The lowest BCUT2D eigenvalue weighted by atomic mass is 9.90. The number of aryl methyl sites for hydroxylation is 4. The van der Waals surface area contributed by atoms with Crippen LogP contribution in [-0.4, -0.2) is 293 Å². The van der Waals surface area contributed by atoms with E-state index in [4.69, 9.17) is 34.2 Å². The molecular formula is C97H134FN19O24. The fraction of sp³-hybridized carbons (Fsp3) is 0.546. The van der Waals surface area contributed by atoms with Crippen molar-refractivity contribution in [2.75, 3.05) is 98.9 Å². The Labute approximate surface area is 816 Å². The quantitative estimate of drug-likeness (QED) is 0.0139. The van der Waals surface area contributed by atoms with Crippen molar-refractivity contribution in [2.45, 2.75) is 218 Å². The summed E-state index contributed by atoms with van der Waals surface area (Å²) in [5, 5.41) is 85.8. The Hall–Kier alpha value is -13.5. The number of nitrogens with two attached hydrogens (primary N) is 1. The van der Waals surface area contributed by atoms with Gasteiger partial charge in [-0.25, -0.2) is 14.2 Å². The zero-order valence-corrected chi connectivity index (χ0v) is 80.8. The molecule has 2 aromatic heterocycles. The summed E-state index contributed by atoms with van der Waals surface area (Å²) < 4.78 is 49.4. The molecule has 0 saturated heterocycles. The molecule has 8 rings (SSSR count). The molecule has 4 aromatic carbocycles. The normalized spacial score (nSPS) is 16.0. The van der Waals surface area contributed by atoms with Gasteiger partial charge in [0.25, 0.3) is 0 Å². The molecule has 43 nitrogen and oxygen atoms in total. The van der Waals surface area contributed by atoms with Crippen molar-refractivity contribution in [3.8, 4) is 28.7 Å². The Morgan fingerprint density at radius 3 is 1.84 bits per heavy atom. The number of carbonyl (C=O) groups excluding carboxylic acids is 13. The monoisotopic (exact) mass is 1970 g/mol. The van der Waals surface area contributed by atoms with Crippen LogP contribution >= 0.6 is 0 Å². The average Bonchev–Trinajstić information content (AvgIpc) is 1.63. The van der Waals surface area contributed by atoms with E-state index in [1.165, 1.54) is 38.4 Å². The number of halogens is 1. The molecule has 13 atom stereocenters. The van der Waals surface area contributed by atoms with Crippen molar-refractivity contribution in [3.63, 3.8) is 0 Å². The number of aromatic nitrogens is 6. The summed E-state index contributed by atoms with van der Waals surface area (Å²) in [6.07, 6.45) is 3.49. The number of aliphatic hydroxyl groups excluding tert-OH is 3. The Bertz CT molecular complexity index is 5160. The highest BCUT2D eigenvalue weighted by molar-refractivity contribution is 6.06. The van der Waals surface area contributed by atoms with Gasteiger partial charge in [0.2, 0.25) is 70.9 Å². The average molecular weight is 1970 g/mol. The molecule has 6 aromatic rings. The maximum Gasteiger partial charge on any atom is 0.407 e. The van der Waals surface area contributed by atoms with Crippen molar-refractivity contribution >= 4 is 82.9 Å². The predicted octanol–water partition coefficient (Wildman–Crippen LogP) is 0.340. The summed E-state index contributed by atoms with van der Waals surface area (Å²) in [7, 11) is 0. The second kappa shape index (κ2) is 57.9. The first-order valence-corrected chi connectivity index (χ1v) is 47.2. The molecule has 0 aliphatic heterocycles. The molecule has 0 spiro atoms. The van der Waals surface area contributed by atoms with Gasteiger partial charge in [-0.05, 0) is 169 Å². The van der Waals surface area contributed by atoms with E-state index in [1.54, 1.807) is 30.5 Å². The van der Waals surface area contributed by atoms with E-state index >= 15 is 4.39 Å². The van der Waals surface area contributed by atoms with Crippen LogP contribution in [0.1, 0.15) is 151 Å². The third kappa shape index (κ3) is 38.2. The highest BCUT2D eigenvalue weighted by Crippen LogP contribution is 2.52. The van der Waals surface area contributed by atoms with Crippen LogP contribution in [0.25, 0.3) is 11.1 Å². The molecule has 20 N–H and O–H groups in total. The van der Waals surface area contributed by atoms with Crippen LogP contribution in [0.3, 0.4) is 0 Å². The fourth-order valence-electron chi connectivity index (χ4n) is 15.8. The number of aromatic amines is 2. The lowest BCUT2D eigenvalue weighted by Gasteiger charge is -2.34. The lowest BCUT2D eigenvalue weighted by Crippen LogP contribution is -2.67. The SMILES string of the molecule is CCc1cc(OCCCCNC(=O)CCOCCOCCOCCOCCNC(=O)OCC2[C@H]3CCC#CCC[C@@H]23)ccc1-c1ccc(C[C@H](NC(=O)[C@H](CC(=O)O)NC(=O)[C@H](CO)NC(=O)[C@@H](NC(=O)[C@](C)(Cc2ccccc2F)NC(=O)[C@@H](NC(=O)CNC(=O)[C@H](Cc2nn[nH]n2)NC(=O)C(C)(C)C(=O)NCCc2cnc[nH]2)[C@@H](C)O)[C@@H](C)O)C(=O)N[C@@H](CCCc2cc(C)cc(C)c2)C(N)=O)cc1. The Morgan fingerprint density at radius 2 is 1.21 bits per heavy atom. The molecule has 1 fully saturated rings. The Balaban J connectivity index is 0.829. The molecule has 2 heterocycles. The topological polar surface area (TPSA) is 629 Å². The van der Waals surface area contributed by atoms with Gasteiger partial charge in [-0.3, -0.25) is 62.3 Å². The minimum Gasteiger partial charge on any atom is -0.494 e. The number of carbonyl (C=O) groups is 14. The highest BCUT2D eigenvalue weighted by Gasteiger charge is 2.50. The predicted molar refractivity (Wildman–Crippen MR) is 508 cm³/mol. The first-order chi connectivity index (χ1) is 67.4. The van der Waals surface area contributed by atoms with Crippen molar-refractivity contribution in [1.82, 2.24) is 94.4 Å². The van der Waals surface area contributed by atoms with Gasteiger partial charge in [0.05, 0.1) is 104 Å². The number of aliphatic carboxylic acids is 1. The molecule has 2 aliphatic carbocycles. The number of hydrogen-bond donors (Lipinski definition) is 19. The van der Waals surface area contributed by atoms with Gasteiger partial charge in [0, 0.05) is 76.5 Å². The Morgan fingerprint density at radius 1 is 0.589 bits per heavy atom. The number of tetrazole rings is 1. The van der Waals surface area contributed by atoms with Crippen molar-refractivity contribution in [3.05, 3.63) is 148 Å². The second-order valence-electron chi connectivity index (χ2n) is 35.5. The van der Waals surface area contributed by atoms with E-state index in [0.717, 1.165) is 85.9 Å². The van der Waals surface area contributed by atoms with Gasteiger partial charge in [0.1, 0.15) is 64.8 Å². The summed E-state index contributed by atoms with van der Waals surface area (Å²) in [5.74, 6) is -6.56. The maximum atomic E-state index is 15.6. The summed E-state index contributed by atoms with van der Waals surface area (Å²) >= 11 is 0. The zero-order chi connectivity index (χ0) is 103. The molecule has 13 amide bonds. The molecule has 0 bridgehead atoms. The number of rotatable bonds is 63. The number of imidazole rings is 1. The van der Waals surface area contributed by atoms with Crippen molar-refractivity contribution < 1.29 is 120 Å². The number of primary amides is 1. The number of nitrogens with one attached hydrogen (secondary N) is 14. The highest BCUT2D eigenvalue weighted by atomic mass is 19.1. The van der Waals surface area contributed by atoms with E-state index < -0.39 is 181 Å². The van der Waals surface area contributed by atoms with Crippen LogP contribution in [0.5, 0.6) is 5.75 Å². The molecule has 141 heavy (non-hydrogen) atoms. The molecular weight excluding hydrogens is 1830 g/mol. The number of ether oxygens (including phenoxy) is 6. The maximum absolute atomic E-state index is 15.6. The van der Waals surface area contributed by atoms with Crippen LogP contribution in [-0.2, 0) is 125 Å². The largest absolute Gasteiger partial charge is 0.494 e. The third-order valence-electron chi connectivity index (χ3n) is 23.8. The summed E-state index contributed by atoms with van der Waals surface area (Å²) in [4.78, 5) is 199. The summed E-state index contributed by atoms with van der Waals surface area (Å²) in [5.41, 5.74) is 8.12. The van der Waals surface area contributed by atoms with Gasteiger partial charge >= 0.3 is 12.1 Å². The number of H-pyrrole nitrogens is 2. The number of carboxylic acid groups (broad SMARTS) is 1. The van der Waals surface area contributed by atoms with Gasteiger partial charge in [-0.1, -0.05) is 90.0 Å². The van der Waals surface area contributed by atoms with E-state index in [9.17, 15) is 87.5 Å². The standard InChI is InChI=1S/C97H134FN19O24/c1-9-64-49-68(140-36-17-16-33-101-80(121)32-37-136-39-41-138-43-44-139-42-40-137-38-35-103-95(135)141-56-72-70-21-12-10-11-13-22-71(70)72)29-30-69(64)65-27-25-62(26-28-65)48-75(87(127)106-74(85(99)125)24-18-19-63-46-58(2)45-59(3)47-63)107-88(128)77(51-82(123)124)108-89(129)78(55-118)109-90(130)83(60(4)119)112-94(134)97(8,52-66-20-14-15-23-73(66)98)113-91(131)84(61(5)120)111-81(122)54-104-86(126)76(50-79-114-116-117-115-79)110-93(133)96(6,7)92(132)102-34-31-67-53-100-57-105-67/h14-15,20,23,25-30,45-47,49,53,57,60-61,70-72,74-78,83-84,118-120H,9,12-13,16-19,21-22,24,31-44,48,50-52,54-56H2,1-8H3,(H2,99,125)(H,100,105)(H,101,121)(H,102,132)(H,103,135)(H,104,126)(H,106,127)(H,107,128)(H,108,129)(H,109,130)(H,110,133)(H,111,122)(H,112,134)(H,113,131)(H,123,124)(H,114,115,116,117)/t60-,61-,70-,71+,72?,74+,75+,76+,77+,78+,83+,84+,97+/m1/s1. The molecule has 768 valence electrons. The molecule has 2 aliphatic rings. The minimum atomic E-state index is -2.42. The van der Waals surface area contributed by atoms with Gasteiger partial charge in [0.15, 0.2) is 5.82 Å². The van der Waals surface area contributed by atoms with E-state index in [1.807, 2.05) is 57.2 Å². The first-order valence-electron chi connectivity index (χ1n) is 47.2. The molecule has 1 saturated carbocycles. The van der Waals surface area contributed by atoms with Gasteiger partial charge < -0.3 is 123 Å². The molecule has 44 heteroatoms. The van der Waals surface area contributed by atoms with Crippen LogP contribution in [0.2, 0.25) is 0 Å². The zero-order valence-electron chi connectivity index (χ0n) is 80.8.